The minimum absolute atomic E-state index is 0.127. The Morgan fingerprint density at radius 1 is 1.45 bits per heavy atom. The predicted octanol–water partition coefficient (Wildman–Crippen LogP) is 2.40. The number of halogens is 1. The summed E-state index contributed by atoms with van der Waals surface area (Å²) in [5.74, 6) is -0.958. The summed E-state index contributed by atoms with van der Waals surface area (Å²) in [6.45, 7) is 1.91. The lowest BCUT2D eigenvalue weighted by atomic mass is 9.93. The van der Waals surface area contributed by atoms with Crippen LogP contribution in [0.1, 0.15) is 27.4 Å². The number of hydrogen-bond acceptors (Lipinski definition) is 4. The number of hydrogen-bond donors (Lipinski definition) is 1. The molecule has 2 aromatic rings. The molecule has 3 rings (SSSR count). The molecule has 6 nitrogen and oxygen atoms in total. The molecule has 1 aromatic heterocycles. The number of carbonyl (C=O) groups excluding carboxylic acids is 1. The summed E-state index contributed by atoms with van der Waals surface area (Å²) in [6.07, 6.45) is 0.259. The molecule has 1 N–H and O–H groups in total. The first-order valence-electron chi connectivity index (χ1n) is 6.70. The van der Waals surface area contributed by atoms with Crippen LogP contribution in [0.4, 0.5) is 0 Å². The van der Waals surface area contributed by atoms with Crippen molar-refractivity contribution in [2.24, 2.45) is 0 Å². The Hall–Kier alpha value is -2.15. The number of amides is 1. The molecule has 22 heavy (non-hydrogen) atoms. The van der Waals surface area contributed by atoms with Crippen molar-refractivity contribution >= 4 is 27.8 Å². The Kier molecular flexibility index (Phi) is 3.74. The second-order valence-corrected chi connectivity index (χ2v) is 6.05. The molecular formula is C15H13BrN2O4. The number of rotatable bonds is 2. The monoisotopic (exact) mass is 364 g/mol. The highest BCUT2D eigenvalue weighted by atomic mass is 79.9. The second-order valence-electron chi connectivity index (χ2n) is 5.19. The lowest BCUT2D eigenvalue weighted by Crippen LogP contribution is -2.48. The second kappa shape index (κ2) is 5.57. The summed E-state index contributed by atoms with van der Waals surface area (Å²) in [4.78, 5) is 25.5. The van der Waals surface area contributed by atoms with Gasteiger partial charge in [0.1, 0.15) is 11.8 Å². The van der Waals surface area contributed by atoms with Crippen molar-refractivity contribution in [3.8, 4) is 0 Å². The SMILES string of the molecule is Cc1cc(C(=O)N2Cc3cccc(Br)c3CC2C(=O)O)no1. The summed E-state index contributed by atoms with van der Waals surface area (Å²) in [5, 5.41) is 13.2. The van der Waals surface area contributed by atoms with Gasteiger partial charge in [-0.05, 0) is 24.1 Å². The van der Waals surface area contributed by atoms with Crippen molar-refractivity contribution in [3.63, 3.8) is 0 Å². The lowest BCUT2D eigenvalue weighted by molar-refractivity contribution is -0.142. The van der Waals surface area contributed by atoms with Crippen LogP contribution in [0.5, 0.6) is 0 Å². The van der Waals surface area contributed by atoms with Crippen LogP contribution in [-0.4, -0.2) is 33.1 Å². The van der Waals surface area contributed by atoms with E-state index >= 15 is 0 Å². The van der Waals surface area contributed by atoms with E-state index < -0.39 is 17.9 Å². The van der Waals surface area contributed by atoms with Gasteiger partial charge in [0.15, 0.2) is 5.69 Å². The molecule has 7 heteroatoms. The van der Waals surface area contributed by atoms with Crippen molar-refractivity contribution in [2.75, 3.05) is 0 Å². The zero-order valence-corrected chi connectivity index (χ0v) is 13.3. The van der Waals surface area contributed by atoms with E-state index in [4.69, 9.17) is 4.52 Å². The fourth-order valence-corrected chi connectivity index (χ4v) is 3.19. The Labute approximate surface area is 134 Å². The summed E-state index contributed by atoms with van der Waals surface area (Å²) < 4.78 is 5.77. The molecule has 1 aliphatic heterocycles. The van der Waals surface area contributed by atoms with Crippen LogP contribution in [0.3, 0.4) is 0 Å². The fraction of sp³-hybridized carbons (Fsp3) is 0.267. The molecule has 1 aromatic carbocycles. The summed E-state index contributed by atoms with van der Waals surface area (Å²) in [7, 11) is 0. The van der Waals surface area contributed by atoms with Gasteiger partial charge in [-0.15, -0.1) is 0 Å². The van der Waals surface area contributed by atoms with Crippen molar-refractivity contribution in [1.29, 1.82) is 0 Å². The van der Waals surface area contributed by atoms with Gasteiger partial charge in [0.25, 0.3) is 5.91 Å². The van der Waals surface area contributed by atoms with E-state index in [9.17, 15) is 14.7 Å². The minimum atomic E-state index is -1.03. The Bertz CT molecular complexity index is 756. The quantitative estimate of drug-likeness (QED) is 0.884. The fourth-order valence-electron chi connectivity index (χ4n) is 2.63. The molecule has 0 bridgehead atoms. The zero-order valence-electron chi connectivity index (χ0n) is 11.7. The number of nitrogens with zero attached hydrogens (tertiary/aromatic N) is 2. The molecule has 0 radical (unpaired) electrons. The maximum absolute atomic E-state index is 12.6. The third-order valence-electron chi connectivity index (χ3n) is 3.72. The van der Waals surface area contributed by atoms with Crippen LogP contribution in [-0.2, 0) is 17.8 Å². The average Bonchev–Trinajstić information content (AvgIpc) is 2.92. The van der Waals surface area contributed by atoms with Gasteiger partial charge in [0.2, 0.25) is 0 Å². The normalized spacial score (nSPS) is 17.2. The number of aromatic nitrogens is 1. The zero-order chi connectivity index (χ0) is 15.9. The molecule has 0 fully saturated rings. The number of fused-ring (bicyclic) bond motifs is 1. The number of carboxylic acids is 1. The van der Waals surface area contributed by atoms with Crippen LogP contribution in [0.25, 0.3) is 0 Å². The Morgan fingerprint density at radius 3 is 2.86 bits per heavy atom. The molecule has 0 spiro atoms. The number of aryl methyl sites for hydroxylation is 1. The van der Waals surface area contributed by atoms with Crippen LogP contribution in [0, 0.1) is 6.92 Å². The third kappa shape index (κ3) is 2.52. The molecule has 1 aliphatic rings. The van der Waals surface area contributed by atoms with E-state index in [1.54, 1.807) is 6.92 Å². The van der Waals surface area contributed by atoms with Crippen LogP contribution in [0.2, 0.25) is 0 Å². The van der Waals surface area contributed by atoms with Gasteiger partial charge < -0.3 is 14.5 Å². The summed E-state index contributed by atoms with van der Waals surface area (Å²) in [6, 6.07) is 6.23. The van der Waals surface area contributed by atoms with Crippen molar-refractivity contribution in [1.82, 2.24) is 10.1 Å². The number of aliphatic carboxylic acids is 1. The third-order valence-corrected chi connectivity index (χ3v) is 4.47. The molecular weight excluding hydrogens is 352 g/mol. The van der Waals surface area contributed by atoms with E-state index in [1.807, 2.05) is 18.2 Å². The Balaban J connectivity index is 1.99. The molecule has 0 saturated heterocycles. The van der Waals surface area contributed by atoms with E-state index in [2.05, 4.69) is 21.1 Å². The lowest BCUT2D eigenvalue weighted by Gasteiger charge is -2.34. The van der Waals surface area contributed by atoms with Crippen molar-refractivity contribution in [2.45, 2.75) is 25.9 Å². The van der Waals surface area contributed by atoms with E-state index in [0.29, 0.717) is 5.76 Å². The van der Waals surface area contributed by atoms with Gasteiger partial charge in [0, 0.05) is 23.5 Å². The standard InChI is InChI=1S/C15H13BrN2O4/c1-8-5-12(17-22-8)14(19)18-7-9-3-2-4-11(16)10(9)6-13(18)15(20)21/h2-5,13H,6-7H2,1H3,(H,20,21). The molecule has 114 valence electrons. The molecule has 1 atom stereocenters. The number of carbonyl (C=O) groups is 2. The first-order chi connectivity index (χ1) is 10.5. The predicted molar refractivity (Wildman–Crippen MR) is 80.4 cm³/mol. The van der Waals surface area contributed by atoms with E-state index in [1.165, 1.54) is 11.0 Å². The average molecular weight is 365 g/mol. The summed E-state index contributed by atoms with van der Waals surface area (Å²) >= 11 is 3.44. The number of carboxylic acid groups (broad SMARTS) is 1. The molecule has 1 unspecified atom stereocenters. The Morgan fingerprint density at radius 2 is 2.23 bits per heavy atom. The highest BCUT2D eigenvalue weighted by molar-refractivity contribution is 9.10. The highest BCUT2D eigenvalue weighted by Crippen LogP contribution is 2.30. The first-order valence-corrected chi connectivity index (χ1v) is 7.50. The van der Waals surface area contributed by atoms with Gasteiger partial charge in [-0.2, -0.15) is 0 Å². The van der Waals surface area contributed by atoms with Crippen LogP contribution >= 0.6 is 15.9 Å². The van der Waals surface area contributed by atoms with Crippen molar-refractivity contribution in [3.05, 3.63) is 51.3 Å². The van der Waals surface area contributed by atoms with Crippen LogP contribution < -0.4 is 0 Å². The largest absolute Gasteiger partial charge is 0.480 e. The van der Waals surface area contributed by atoms with Gasteiger partial charge in [0.05, 0.1) is 0 Å². The molecule has 1 amide bonds. The minimum Gasteiger partial charge on any atom is -0.480 e. The van der Waals surface area contributed by atoms with Gasteiger partial charge in [-0.3, -0.25) is 4.79 Å². The first kappa shape index (κ1) is 14.8. The van der Waals surface area contributed by atoms with Gasteiger partial charge >= 0.3 is 5.97 Å². The smallest absolute Gasteiger partial charge is 0.326 e. The molecule has 0 aliphatic carbocycles. The van der Waals surface area contributed by atoms with Crippen LogP contribution in [0.15, 0.2) is 33.3 Å². The van der Waals surface area contributed by atoms with E-state index in [0.717, 1.165) is 15.6 Å². The maximum atomic E-state index is 12.6. The maximum Gasteiger partial charge on any atom is 0.326 e. The van der Waals surface area contributed by atoms with E-state index in [-0.39, 0.29) is 18.7 Å². The molecule has 2 heterocycles. The van der Waals surface area contributed by atoms with Gasteiger partial charge in [-0.25, -0.2) is 4.79 Å². The highest BCUT2D eigenvalue weighted by Gasteiger charge is 2.36. The van der Waals surface area contributed by atoms with Crippen molar-refractivity contribution < 1.29 is 19.2 Å². The summed E-state index contributed by atoms with van der Waals surface area (Å²) in [5.41, 5.74) is 1.98. The number of benzene rings is 1. The van der Waals surface area contributed by atoms with Gasteiger partial charge in [-0.1, -0.05) is 33.2 Å². The molecule has 0 saturated carbocycles. The topological polar surface area (TPSA) is 83.6 Å².